The van der Waals surface area contributed by atoms with Crippen LogP contribution < -0.4 is 10.6 Å². The maximum Gasteiger partial charge on any atom is 0.228 e. The summed E-state index contributed by atoms with van der Waals surface area (Å²) in [6.07, 6.45) is 5.74. The van der Waals surface area contributed by atoms with E-state index < -0.39 is 0 Å². The molecule has 1 aromatic carbocycles. The molecule has 0 fully saturated rings. The maximum atomic E-state index is 12.2. The lowest BCUT2D eigenvalue weighted by atomic mass is 9.91. The Balaban J connectivity index is 2.04. The second kappa shape index (κ2) is 6.71. The minimum absolute atomic E-state index is 0.0426. The van der Waals surface area contributed by atoms with Crippen molar-refractivity contribution in [3.05, 3.63) is 29.3 Å². The summed E-state index contributed by atoms with van der Waals surface area (Å²) in [5.74, 6) is 0.161. The van der Waals surface area contributed by atoms with Gasteiger partial charge in [-0.3, -0.25) is 4.79 Å². The summed E-state index contributed by atoms with van der Waals surface area (Å²) in [6, 6.07) is 6.36. The molecular formula is C16H24N2O. The van der Waals surface area contributed by atoms with Crippen LogP contribution in [-0.4, -0.2) is 19.5 Å². The first kappa shape index (κ1) is 14.1. The van der Waals surface area contributed by atoms with E-state index in [0.29, 0.717) is 0 Å². The molecular weight excluding hydrogens is 236 g/mol. The molecule has 2 rings (SSSR count). The van der Waals surface area contributed by atoms with Crippen LogP contribution in [0.5, 0.6) is 0 Å². The Labute approximate surface area is 115 Å². The second-order valence-electron chi connectivity index (χ2n) is 5.34. The second-order valence-corrected chi connectivity index (χ2v) is 5.34. The minimum atomic E-state index is 0.0426. The molecule has 3 nitrogen and oxygen atoms in total. The molecule has 2 N–H and O–H groups in total. The van der Waals surface area contributed by atoms with Crippen LogP contribution >= 0.6 is 0 Å². The summed E-state index contributed by atoms with van der Waals surface area (Å²) in [5.41, 5.74) is 3.80. The first-order chi connectivity index (χ1) is 9.24. The maximum absolute atomic E-state index is 12.2. The van der Waals surface area contributed by atoms with E-state index in [1.807, 2.05) is 13.1 Å². The van der Waals surface area contributed by atoms with Gasteiger partial charge in [0.25, 0.3) is 0 Å². The fraction of sp³-hybridized carbons (Fsp3) is 0.562. The number of hydrogen-bond donors (Lipinski definition) is 2. The molecule has 1 amide bonds. The molecule has 0 saturated carbocycles. The standard InChI is InChI=1S/C16H24N2O/c1-3-12(11-17-2)16(19)18-15-9-8-13-6-4-5-7-14(13)10-15/h8-10,12,17H,3-7,11H2,1-2H3,(H,18,19). The zero-order valence-electron chi connectivity index (χ0n) is 12.0. The number of hydrogen-bond acceptors (Lipinski definition) is 2. The van der Waals surface area contributed by atoms with Gasteiger partial charge >= 0.3 is 0 Å². The van der Waals surface area contributed by atoms with E-state index >= 15 is 0 Å². The molecule has 19 heavy (non-hydrogen) atoms. The lowest BCUT2D eigenvalue weighted by Gasteiger charge is -2.18. The van der Waals surface area contributed by atoms with Crippen molar-refractivity contribution in [1.29, 1.82) is 0 Å². The molecule has 104 valence electrons. The fourth-order valence-corrected chi connectivity index (χ4v) is 2.72. The number of nitrogens with one attached hydrogen (secondary N) is 2. The van der Waals surface area contributed by atoms with Crippen LogP contribution in [0.1, 0.15) is 37.3 Å². The molecule has 1 aliphatic carbocycles. The van der Waals surface area contributed by atoms with Gasteiger partial charge in [0.1, 0.15) is 0 Å². The molecule has 1 aromatic rings. The van der Waals surface area contributed by atoms with Crippen molar-refractivity contribution in [2.45, 2.75) is 39.0 Å². The van der Waals surface area contributed by atoms with Gasteiger partial charge in [0.05, 0.1) is 5.92 Å². The van der Waals surface area contributed by atoms with Crippen molar-refractivity contribution in [3.8, 4) is 0 Å². The number of benzene rings is 1. The van der Waals surface area contributed by atoms with E-state index in [-0.39, 0.29) is 11.8 Å². The van der Waals surface area contributed by atoms with E-state index in [2.05, 4.69) is 29.7 Å². The Morgan fingerprint density at radius 3 is 2.68 bits per heavy atom. The fourth-order valence-electron chi connectivity index (χ4n) is 2.72. The largest absolute Gasteiger partial charge is 0.326 e. The van der Waals surface area contributed by atoms with Gasteiger partial charge in [0.15, 0.2) is 0 Å². The Morgan fingerprint density at radius 2 is 2.00 bits per heavy atom. The van der Waals surface area contributed by atoms with E-state index in [9.17, 15) is 4.79 Å². The zero-order valence-corrected chi connectivity index (χ0v) is 12.0. The van der Waals surface area contributed by atoms with E-state index in [1.165, 1.54) is 30.4 Å². The van der Waals surface area contributed by atoms with Crippen LogP contribution in [0.4, 0.5) is 5.69 Å². The molecule has 0 bridgehead atoms. The van der Waals surface area contributed by atoms with E-state index in [4.69, 9.17) is 0 Å². The quantitative estimate of drug-likeness (QED) is 0.854. The van der Waals surface area contributed by atoms with Crippen molar-refractivity contribution in [2.75, 3.05) is 18.9 Å². The molecule has 0 heterocycles. The molecule has 1 atom stereocenters. The predicted molar refractivity (Wildman–Crippen MR) is 79.4 cm³/mol. The highest BCUT2D eigenvalue weighted by Crippen LogP contribution is 2.24. The van der Waals surface area contributed by atoms with Crippen LogP contribution in [-0.2, 0) is 17.6 Å². The third-order valence-electron chi connectivity index (χ3n) is 3.93. The molecule has 1 aliphatic rings. The zero-order chi connectivity index (χ0) is 13.7. The molecule has 1 unspecified atom stereocenters. The van der Waals surface area contributed by atoms with Crippen LogP contribution in [0.2, 0.25) is 0 Å². The highest BCUT2D eigenvalue weighted by atomic mass is 16.1. The van der Waals surface area contributed by atoms with Gasteiger partial charge in [-0.15, -0.1) is 0 Å². The number of anilines is 1. The van der Waals surface area contributed by atoms with Crippen LogP contribution in [0, 0.1) is 5.92 Å². The third kappa shape index (κ3) is 3.57. The molecule has 0 saturated heterocycles. The van der Waals surface area contributed by atoms with Gasteiger partial charge in [-0.05, 0) is 62.4 Å². The SMILES string of the molecule is CCC(CNC)C(=O)Nc1ccc2c(c1)CCCC2. The van der Waals surface area contributed by atoms with Gasteiger partial charge in [0.2, 0.25) is 5.91 Å². The Morgan fingerprint density at radius 1 is 1.26 bits per heavy atom. The number of carbonyl (C=O) groups excluding carboxylic acids is 1. The van der Waals surface area contributed by atoms with E-state index in [0.717, 1.165) is 25.1 Å². The van der Waals surface area contributed by atoms with Crippen molar-refractivity contribution < 1.29 is 4.79 Å². The normalized spacial score (nSPS) is 15.7. The van der Waals surface area contributed by atoms with Crippen molar-refractivity contribution in [1.82, 2.24) is 5.32 Å². The van der Waals surface area contributed by atoms with Gasteiger partial charge in [-0.25, -0.2) is 0 Å². The van der Waals surface area contributed by atoms with E-state index in [1.54, 1.807) is 0 Å². The summed E-state index contributed by atoms with van der Waals surface area (Å²) in [6.45, 7) is 2.78. The van der Waals surface area contributed by atoms with Crippen molar-refractivity contribution in [2.24, 2.45) is 5.92 Å². The Hall–Kier alpha value is -1.35. The van der Waals surface area contributed by atoms with Gasteiger partial charge < -0.3 is 10.6 Å². The van der Waals surface area contributed by atoms with Gasteiger partial charge in [-0.2, -0.15) is 0 Å². The minimum Gasteiger partial charge on any atom is -0.326 e. The summed E-state index contributed by atoms with van der Waals surface area (Å²) < 4.78 is 0. The van der Waals surface area contributed by atoms with Gasteiger partial charge in [-0.1, -0.05) is 13.0 Å². The lowest BCUT2D eigenvalue weighted by Crippen LogP contribution is -2.30. The number of fused-ring (bicyclic) bond motifs is 1. The average molecular weight is 260 g/mol. The first-order valence-corrected chi connectivity index (χ1v) is 7.32. The molecule has 3 heteroatoms. The third-order valence-corrected chi connectivity index (χ3v) is 3.93. The summed E-state index contributed by atoms with van der Waals surface area (Å²) in [5, 5.41) is 6.12. The molecule has 0 aliphatic heterocycles. The number of aryl methyl sites for hydroxylation is 2. The topological polar surface area (TPSA) is 41.1 Å². The Bertz CT molecular complexity index is 442. The molecule has 0 aromatic heterocycles. The Kier molecular flexibility index (Phi) is 4.97. The number of rotatable bonds is 5. The predicted octanol–water partition coefficient (Wildman–Crippen LogP) is 2.75. The lowest BCUT2D eigenvalue weighted by molar-refractivity contribution is -0.119. The monoisotopic (exact) mass is 260 g/mol. The average Bonchev–Trinajstić information content (AvgIpc) is 2.44. The number of amides is 1. The summed E-state index contributed by atoms with van der Waals surface area (Å²) in [7, 11) is 1.88. The van der Waals surface area contributed by atoms with Crippen LogP contribution in [0.3, 0.4) is 0 Å². The number of carbonyl (C=O) groups is 1. The van der Waals surface area contributed by atoms with Crippen LogP contribution in [0.15, 0.2) is 18.2 Å². The highest BCUT2D eigenvalue weighted by Gasteiger charge is 2.16. The van der Waals surface area contributed by atoms with Gasteiger partial charge in [0, 0.05) is 12.2 Å². The summed E-state index contributed by atoms with van der Waals surface area (Å²) >= 11 is 0. The molecule has 0 spiro atoms. The summed E-state index contributed by atoms with van der Waals surface area (Å²) in [4.78, 5) is 12.2. The van der Waals surface area contributed by atoms with Crippen molar-refractivity contribution in [3.63, 3.8) is 0 Å². The van der Waals surface area contributed by atoms with Crippen LogP contribution in [0.25, 0.3) is 0 Å². The molecule has 0 radical (unpaired) electrons. The first-order valence-electron chi connectivity index (χ1n) is 7.32. The smallest absolute Gasteiger partial charge is 0.228 e. The highest BCUT2D eigenvalue weighted by molar-refractivity contribution is 5.92. The van der Waals surface area contributed by atoms with Crippen molar-refractivity contribution >= 4 is 11.6 Å².